The molecule has 0 spiro atoms. The summed E-state index contributed by atoms with van der Waals surface area (Å²) in [6, 6.07) is 14.5. The first-order chi connectivity index (χ1) is 12.5. The molecule has 0 aliphatic rings. The predicted molar refractivity (Wildman–Crippen MR) is 109 cm³/mol. The lowest BCUT2D eigenvalue weighted by atomic mass is 10.1. The summed E-state index contributed by atoms with van der Waals surface area (Å²) >= 11 is 5.13. The SMILES string of the molecule is CCCCC(=O)NC(=S)Nc1ccc(NC(=O)c2cccc(C)c2)cc1. The molecule has 0 unspecified atom stereocenters. The second-order valence-corrected chi connectivity index (χ2v) is 6.42. The maximum Gasteiger partial charge on any atom is 0.255 e. The van der Waals surface area contributed by atoms with Crippen molar-refractivity contribution in [2.24, 2.45) is 0 Å². The van der Waals surface area contributed by atoms with Crippen molar-refractivity contribution in [3.63, 3.8) is 0 Å². The Balaban J connectivity index is 1.88. The minimum atomic E-state index is -0.159. The summed E-state index contributed by atoms with van der Waals surface area (Å²) in [6.45, 7) is 3.98. The monoisotopic (exact) mass is 369 g/mol. The molecule has 0 aliphatic carbocycles. The van der Waals surface area contributed by atoms with Crippen molar-refractivity contribution in [2.45, 2.75) is 33.1 Å². The van der Waals surface area contributed by atoms with Gasteiger partial charge in [-0.25, -0.2) is 0 Å². The molecule has 3 N–H and O–H groups in total. The fourth-order valence-electron chi connectivity index (χ4n) is 2.32. The van der Waals surface area contributed by atoms with Crippen molar-refractivity contribution < 1.29 is 9.59 Å². The van der Waals surface area contributed by atoms with Crippen LogP contribution in [-0.4, -0.2) is 16.9 Å². The Bertz CT molecular complexity index is 788. The van der Waals surface area contributed by atoms with Gasteiger partial charge in [0, 0.05) is 23.4 Å². The van der Waals surface area contributed by atoms with E-state index in [1.807, 2.05) is 32.0 Å². The number of carbonyl (C=O) groups excluding carboxylic acids is 2. The molecule has 0 aliphatic heterocycles. The van der Waals surface area contributed by atoms with E-state index in [2.05, 4.69) is 16.0 Å². The molecular weight excluding hydrogens is 346 g/mol. The third-order valence-electron chi connectivity index (χ3n) is 3.69. The zero-order valence-electron chi connectivity index (χ0n) is 15.0. The number of thiocarbonyl (C=S) groups is 1. The molecule has 0 aromatic heterocycles. The summed E-state index contributed by atoms with van der Waals surface area (Å²) in [5.74, 6) is -0.250. The first-order valence-electron chi connectivity index (χ1n) is 8.57. The van der Waals surface area contributed by atoms with Crippen molar-refractivity contribution in [3.8, 4) is 0 Å². The summed E-state index contributed by atoms with van der Waals surface area (Å²) in [6.07, 6.45) is 2.26. The Morgan fingerprint density at radius 1 is 1.00 bits per heavy atom. The van der Waals surface area contributed by atoms with Gasteiger partial charge in [0.1, 0.15) is 0 Å². The molecule has 0 bridgehead atoms. The van der Waals surface area contributed by atoms with E-state index in [1.165, 1.54) is 0 Å². The molecule has 2 amide bonds. The lowest BCUT2D eigenvalue weighted by Crippen LogP contribution is -2.33. The molecule has 0 radical (unpaired) electrons. The van der Waals surface area contributed by atoms with E-state index >= 15 is 0 Å². The molecule has 0 heterocycles. The second kappa shape index (κ2) is 9.68. The first kappa shape index (κ1) is 19.6. The number of unbranched alkanes of at least 4 members (excludes halogenated alkanes) is 1. The van der Waals surface area contributed by atoms with Gasteiger partial charge < -0.3 is 16.0 Å². The molecule has 0 fully saturated rings. The summed E-state index contributed by atoms with van der Waals surface area (Å²) in [5.41, 5.74) is 3.06. The van der Waals surface area contributed by atoms with Gasteiger partial charge in [0.15, 0.2) is 5.11 Å². The average molecular weight is 369 g/mol. The van der Waals surface area contributed by atoms with Crippen molar-refractivity contribution in [1.82, 2.24) is 5.32 Å². The van der Waals surface area contributed by atoms with Crippen LogP contribution in [0.15, 0.2) is 48.5 Å². The number of amides is 2. The van der Waals surface area contributed by atoms with Gasteiger partial charge in [-0.15, -0.1) is 0 Å². The Labute approximate surface area is 159 Å². The third kappa shape index (κ3) is 6.29. The van der Waals surface area contributed by atoms with Gasteiger partial charge in [-0.05, 0) is 62.0 Å². The number of hydrogen-bond donors (Lipinski definition) is 3. The minimum Gasteiger partial charge on any atom is -0.332 e. The molecule has 6 heteroatoms. The molecule has 2 aromatic carbocycles. The van der Waals surface area contributed by atoms with Gasteiger partial charge in [0.05, 0.1) is 0 Å². The van der Waals surface area contributed by atoms with E-state index in [-0.39, 0.29) is 16.9 Å². The highest BCUT2D eigenvalue weighted by Gasteiger charge is 2.07. The van der Waals surface area contributed by atoms with Crippen LogP contribution in [0.3, 0.4) is 0 Å². The summed E-state index contributed by atoms with van der Waals surface area (Å²) in [5, 5.41) is 8.72. The highest BCUT2D eigenvalue weighted by molar-refractivity contribution is 7.80. The zero-order valence-corrected chi connectivity index (χ0v) is 15.8. The van der Waals surface area contributed by atoms with Crippen LogP contribution in [0, 0.1) is 6.92 Å². The largest absolute Gasteiger partial charge is 0.332 e. The first-order valence-corrected chi connectivity index (χ1v) is 8.97. The Kier molecular flexibility index (Phi) is 7.29. The van der Waals surface area contributed by atoms with Crippen LogP contribution in [0.5, 0.6) is 0 Å². The van der Waals surface area contributed by atoms with Gasteiger partial charge in [0.25, 0.3) is 5.91 Å². The predicted octanol–water partition coefficient (Wildman–Crippen LogP) is 4.25. The lowest BCUT2D eigenvalue weighted by Gasteiger charge is -2.11. The van der Waals surface area contributed by atoms with E-state index in [4.69, 9.17) is 12.2 Å². The van der Waals surface area contributed by atoms with Crippen LogP contribution in [0.1, 0.15) is 42.1 Å². The summed E-state index contributed by atoms with van der Waals surface area (Å²) in [7, 11) is 0. The van der Waals surface area contributed by atoms with Gasteiger partial charge in [-0.3, -0.25) is 9.59 Å². The van der Waals surface area contributed by atoms with E-state index in [1.54, 1.807) is 30.3 Å². The molecule has 0 atom stereocenters. The average Bonchev–Trinajstić information content (AvgIpc) is 2.61. The maximum absolute atomic E-state index is 12.2. The van der Waals surface area contributed by atoms with E-state index in [0.717, 1.165) is 24.1 Å². The van der Waals surface area contributed by atoms with E-state index in [9.17, 15) is 9.59 Å². The highest BCUT2D eigenvalue weighted by Crippen LogP contribution is 2.15. The van der Waals surface area contributed by atoms with Gasteiger partial charge in [-0.2, -0.15) is 0 Å². The van der Waals surface area contributed by atoms with Crippen LogP contribution in [0.2, 0.25) is 0 Å². The van der Waals surface area contributed by atoms with Crippen LogP contribution < -0.4 is 16.0 Å². The fourth-order valence-corrected chi connectivity index (χ4v) is 2.55. The smallest absolute Gasteiger partial charge is 0.255 e. The standard InChI is InChI=1S/C20H23N3O2S/c1-3-4-8-18(24)23-20(26)22-17-11-9-16(10-12-17)21-19(25)15-7-5-6-14(2)13-15/h5-7,9-13H,3-4,8H2,1-2H3,(H,21,25)(H2,22,23,24,26). The fraction of sp³-hybridized carbons (Fsp3) is 0.250. The van der Waals surface area contributed by atoms with Crippen LogP contribution >= 0.6 is 12.2 Å². The van der Waals surface area contributed by atoms with Crippen LogP contribution in [-0.2, 0) is 4.79 Å². The van der Waals surface area contributed by atoms with Crippen molar-refractivity contribution in [3.05, 3.63) is 59.7 Å². The zero-order chi connectivity index (χ0) is 18.9. The van der Waals surface area contributed by atoms with Gasteiger partial charge in [0.2, 0.25) is 5.91 Å². The number of anilines is 2. The van der Waals surface area contributed by atoms with Crippen LogP contribution in [0.25, 0.3) is 0 Å². The van der Waals surface area contributed by atoms with E-state index in [0.29, 0.717) is 17.7 Å². The summed E-state index contributed by atoms with van der Waals surface area (Å²) in [4.78, 5) is 23.9. The normalized spacial score (nSPS) is 10.1. The van der Waals surface area contributed by atoms with Gasteiger partial charge in [-0.1, -0.05) is 31.0 Å². The Morgan fingerprint density at radius 2 is 1.65 bits per heavy atom. The number of carbonyl (C=O) groups is 2. The topological polar surface area (TPSA) is 70.2 Å². The number of nitrogens with one attached hydrogen (secondary N) is 3. The van der Waals surface area contributed by atoms with Crippen LogP contribution in [0.4, 0.5) is 11.4 Å². The van der Waals surface area contributed by atoms with Crippen molar-refractivity contribution in [2.75, 3.05) is 10.6 Å². The quantitative estimate of drug-likeness (QED) is 0.666. The molecule has 0 saturated carbocycles. The number of rotatable bonds is 6. The maximum atomic E-state index is 12.2. The molecule has 5 nitrogen and oxygen atoms in total. The summed E-state index contributed by atoms with van der Waals surface area (Å²) < 4.78 is 0. The lowest BCUT2D eigenvalue weighted by molar-refractivity contribution is -0.119. The number of hydrogen-bond acceptors (Lipinski definition) is 3. The van der Waals surface area contributed by atoms with E-state index < -0.39 is 0 Å². The molecule has 2 rings (SSSR count). The number of benzene rings is 2. The van der Waals surface area contributed by atoms with Crippen molar-refractivity contribution in [1.29, 1.82) is 0 Å². The Morgan fingerprint density at radius 3 is 2.27 bits per heavy atom. The second-order valence-electron chi connectivity index (χ2n) is 6.01. The highest BCUT2D eigenvalue weighted by atomic mass is 32.1. The minimum absolute atomic E-state index is 0.0913. The molecule has 136 valence electrons. The van der Waals surface area contributed by atoms with Gasteiger partial charge >= 0.3 is 0 Å². The third-order valence-corrected chi connectivity index (χ3v) is 3.90. The number of aryl methyl sites for hydroxylation is 1. The Hall–Kier alpha value is -2.73. The molecular formula is C20H23N3O2S. The molecule has 26 heavy (non-hydrogen) atoms. The van der Waals surface area contributed by atoms with Crippen molar-refractivity contribution >= 4 is 40.5 Å². The molecule has 0 saturated heterocycles. The molecule has 2 aromatic rings.